The highest BCUT2D eigenvalue weighted by Crippen LogP contribution is 2.28. The number of fused-ring (bicyclic) bond motifs is 1. The molecule has 2 aromatic heterocycles. The van der Waals surface area contributed by atoms with E-state index in [4.69, 9.17) is 0 Å². The monoisotopic (exact) mass is 376 g/mol. The number of hydrogen-bond acceptors (Lipinski definition) is 5. The number of nitrogens with zero attached hydrogens (tertiary/aromatic N) is 3. The Kier molecular flexibility index (Phi) is 4.56. The van der Waals surface area contributed by atoms with Crippen molar-refractivity contribution in [1.82, 2.24) is 14.3 Å². The second kappa shape index (κ2) is 6.42. The molecule has 2 aromatic rings. The predicted molar refractivity (Wildman–Crippen MR) is 102 cm³/mol. The first-order valence-electron chi connectivity index (χ1n) is 8.57. The van der Waals surface area contributed by atoms with Crippen LogP contribution < -0.4 is 9.62 Å². The van der Waals surface area contributed by atoms with E-state index < -0.39 is 20.7 Å². The van der Waals surface area contributed by atoms with Gasteiger partial charge >= 0.3 is 0 Å². The van der Waals surface area contributed by atoms with Gasteiger partial charge < -0.3 is 4.90 Å². The molecule has 0 aliphatic carbocycles. The van der Waals surface area contributed by atoms with Gasteiger partial charge in [-0.3, -0.25) is 4.79 Å². The van der Waals surface area contributed by atoms with Gasteiger partial charge in [-0.2, -0.15) is 5.10 Å². The number of sulfonamides is 1. The summed E-state index contributed by atoms with van der Waals surface area (Å²) in [5.41, 5.74) is 1.76. The molecule has 1 atom stereocenters. The van der Waals surface area contributed by atoms with E-state index in [0.717, 1.165) is 25.1 Å². The zero-order chi connectivity index (χ0) is 19.1. The smallest absolute Gasteiger partial charge is 0.268 e. The molecule has 3 rings (SSSR count). The molecule has 1 amide bonds. The minimum absolute atomic E-state index is 0.231. The van der Waals surface area contributed by atoms with Crippen LogP contribution in [0.5, 0.6) is 0 Å². The normalized spacial score (nSPS) is 18.3. The van der Waals surface area contributed by atoms with E-state index in [2.05, 4.69) is 21.3 Å². The average molecular weight is 376 g/mol. The maximum absolute atomic E-state index is 12.6. The van der Waals surface area contributed by atoms with E-state index in [1.165, 1.54) is 6.20 Å². The van der Waals surface area contributed by atoms with Crippen LogP contribution in [0.4, 0.5) is 5.69 Å². The fourth-order valence-electron chi connectivity index (χ4n) is 3.01. The molecule has 3 heterocycles. The number of aromatic nitrogens is 2. The average Bonchev–Trinajstić information content (AvgIpc) is 3.19. The van der Waals surface area contributed by atoms with Crippen molar-refractivity contribution in [2.45, 2.75) is 44.4 Å². The first-order chi connectivity index (χ1) is 12.1. The Morgan fingerprint density at radius 2 is 2.15 bits per heavy atom. The molecule has 0 spiro atoms. The van der Waals surface area contributed by atoms with E-state index in [1.54, 1.807) is 31.5 Å². The van der Waals surface area contributed by atoms with Crippen molar-refractivity contribution >= 4 is 27.1 Å². The molecule has 7 nitrogen and oxygen atoms in total. The molecular weight excluding hydrogens is 352 g/mol. The Hall–Kier alpha value is -2.35. The molecule has 0 unspecified atom stereocenters. The van der Waals surface area contributed by atoms with Gasteiger partial charge in [-0.1, -0.05) is 6.08 Å². The molecule has 0 bridgehead atoms. The van der Waals surface area contributed by atoms with Crippen LogP contribution in [0.25, 0.3) is 5.52 Å². The molecule has 140 valence electrons. The third kappa shape index (κ3) is 3.21. The van der Waals surface area contributed by atoms with E-state index in [9.17, 15) is 13.2 Å². The first-order valence-corrected chi connectivity index (χ1v) is 10.1. The summed E-state index contributed by atoms with van der Waals surface area (Å²) in [6, 6.07) is 4.07. The lowest BCUT2D eigenvalue weighted by atomic mass is 10.2. The van der Waals surface area contributed by atoms with Crippen LogP contribution in [0, 0.1) is 0 Å². The summed E-state index contributed by atoms with van der Waals surface area (Å²) in [4.78, 5) is 14.8. The minimum Gasteiger partial charge on any atom is -0.365 e. The number of pyridine rings is 1. The first kappa shape index (κ1) is 18.4. The fourth-order valence-corrected chi connectivity index (χ4v) is 3.67. The Labute approximate surface area is 153 Å². The van der Waals surface area contributed by atoms with E-state index >= 15 is 0 Å². The van der Waals surface area contributed by atoms with Crippen molar-refractivity contribution in [2.75, 3.05) is 11.4 Å². The van der Waals surface area contributed by atoms with Gasteiger partial charge in [-0.05, 0) is 45.7 Å². The lowest BCUT2D eigenvalue weighted by molar-refractivity contribution is 0.0982. The van der Waals surface area contributed by atoms with Gasteiger partial charge in [-0.15, -0.1) is 6.58 Å². The molecule has 1 saturated heterocycles. The largest absolute Gasteiger partial charge is 0.365 e. The summed E-state index contributed by atoms with van der Waals surface area (Å²) >= 11 is 0. The van der Waals surface area contributed by atoms with Crippen LogP contribution in [-0.2, 0) is 10.0 Å². The van der Waals surface area contributed by atoms with Gasteiger partial charge in [0.1, 0.15) is 0 Å². The number of amides is 1. The Morgan fingerprint density at radius 1 is 1.42 bits per heavy atom. The molecule has 1 aliphatic rings. The van der Waals surface area contributed by atoms with Crippen LogP contribution in [0.15, 0.2) is 37.2 Å². The van der Waals surface area contributed by atoms with Gasteiger partial charge in [0.15, 0.2) is 0 Å². The van der Waals surface area contributed by atoms with Crippen molar-refractivity contribution in [3.05, 3.63) is 42.7 Å². The quantitative estimate of drug-likeness (QED) is 0.828. The highest BCUT2D eigenvalue weighted by atomic mass is 32.2. The second-order valence-electron chi connectivity index (χ2n) is 7.46. The number of hydrogen-bond donors (Lipinski definition) is 1. The zero-order valence-electron chi connectivity index (χ0n) is 15.3. The van der Waals surface area contributed by atoms with Gasteiger partial charge in [0, 0.05) is 24.5 Å². The summed E-state index contributed by atoms with van der Waals surface area (Å²) in [7, 11) is -3.79. The van der Waals surface area contributed by atoms with Crippen molar-refractivity contribution in [1.29, 1.82) is 0 Å². The van der Waals surface area contributed by atoms with Crippen molar-refractivity contribution in [2.24, 2.45) is 0 Å². The number of nitrogens with one attached hydrogen (secondary N) is 1. The molecule has 1 N–H and O–H groups in total. The van der Waals surface area contributed by atoms with E-state index in [-0.39, 0.29) is 11.6 Å². The van der Waals surface area contributed by atoms with Crippen molar-refractivity contribution in [3.63, 3.8) is 0 Å². The Bertz CT molecular complexity index is 956. The maximum Gasteiger partial charge on any atom is 0.268 e. The molecule has 1 aliphatic heterocycles. The highest BCUT2D eigenvalue weighted by molar-refractivity contribution is 7.91. The Balaban J connectivity index is 1.96. The lowest BCUT2D eigenvalue weighted by Gasteiger charge is -2.24. The summed E-state index contributed by atoms with van der Waals surface area (Å²) in [6.45, 7) is 9.43. The van der Waals surface area contributed by atoms with Crippen LogP contribution in [0.1, 0.15) is 44.0 Å². The molecule has 0 aromatic carbocycles. The third-order valence-corrected chi connectivity index (χ3v) is 6.75. The highest BCUT2D eigenvalue weighted by Gasteiger charge is 2.32. The van der Waals surface area contributed by atoms with E-state index in [1.807, 2.05) is 18.2 Å². The maximum atomic E-state index is 12.6. The topological polar surface area (TPSA) is 83.8 Å². The van der Waals surface area contributed by atoms with Crippen LogP contribution in [-0.4, -0.2) is 41.3 Å². The van der Waals surface area contributed by atoms with Crippen LogP contribution in [0.3, 0.4) is 0 Å². The zero-order valence-corrected chi connectivity index (χ0v) is 16.1. The molecule has 0 saturated carbocycles. The lowest BCUT2D eigenvalue weighted by Crippen LogP contribution is -2.42. The van der Waals surface area contributed by atoms with Gasteiger partial charge in [0.2, 0.25) is 10.0 Å². The summed E-state index contributed by atoms with van der Waals surface area (Å²) in [5.74, 6) is -0.672. The molecule has 1 fully saturated rings. The minimum atomic E-state index is -3.79. The van der Waals surface area contributed by atoms with Crippen LogP contribution >= 0.6 is 0 Å². The predicted octanol–water partition coefficient (Wildman–Crippen LogP) is 2.35. The van der Waals surface area contributed by atoms with Gasteiger partial charge in [0.25, 0.3) is 5.91 Å². The third-order valence-electron chi connectivity index (χ3n) is 4.69. The molecule has 26 heavy (non-hydrogen) atoms. The van der Waals surface area contributed by atoms with Crippen molar-refractivity contribution < 1.29 is 13.2 Å². The van der Waals surface area contributed by atoms with Crippen LogP contribution in [0.2, 0.25) is 0 Å². The SMILES string of the molecule is C=C[C@H]1CCCN1c1ccn2ncc(C(=O)NS(=O)(=O)C(C)(C)C)c2c1. The second-order valence-corrected chi connectivity index (χ2v) is 9.89. The van der Waals surface area contributed by atoms with E-state index in [0.29, 0.717) is 5.52 Å². The fraction of sp³-hybridized carbons (Fsp3) is 0.444. The van der Waals surface area contributed by atoms with Crippen molar-refractivity contribution in [3.8, 4) is 0 Å². The summed E-state index contributed by atoms with van der Waals surface area (Å²) in [5, 5.41) is 4.16. The molecule has 8 heteroatoms. The number of carbonyl (C=O) groups excluding carboxylic acids is 1. The Morgan fingerprint density at radius 3 is 2.81 bits per heavy atom. The standard InChI is InChI=1S/C18H24N4O3S/c1-5-13-7-6-9-21(13)14-8-10-22-16(11-14)15(12-19-22)17(23)20-26(24,25)18(2,3)4/h5,8,10-13H,1,6-7,9H2,2-4H3,(H,20,23)/t13-/m0/s1. The summed E-state index contributed by atoms with van der Waals surface area (Å²) < 4.78 is 27.2. The number of carbonyl (C=O) groups is 1. The number of anilines is 1. The molecule has 0 radical (unpaired) electrons. The molecular formula is C18H24N4O3S. The summed E-state index contributed by atoms with van der Waals surface area (Å²) in [6.07, 6.45) is 7.22. The van der Waals surface area contributed by atoms with Gasteiger partial charge in [0.05, 0.1) is 22.0 Å². The van der Waals surface area contributed by atoms with Gasteiger partial charge in [-0.25, -0.2) is 17.7 Å². The number of rotatable bonds is 4.